The molecule has 0 unspecified atom stereocenters. The van der Waals surface area contributed by atoms with Crippen molar-refractivity contribution in [1.82, 2.24) is 29.0 Å². The van der Waals surface area contributed by atoms with Gasteiger partial charge in [0.25, 0.3) is 5.91 Å². The Morgan fingerprint density at radius 2 is 1.94 bits per heavy atom. The highest BCUT2D eigenvalue weighted by atomic mass is 32.1. The predicted octanol–water partition coefficient (Wildman–Crippen LogP) is 4.30. The molecule has 166 valence electrons. The van der Waals surface area contributed by atoms with E-state index < -0.39 is 0 Å². The second-order valence-corrected chi connectivity index (χ2v) is 10.2. The topological polar surface area (TPSA) is 80.9 Å². The van der Waals surface area contributed by atoms with Crippen LogP contribution < -0.4 is 5.32 Å². The summed E-state index contributed by atoms with van der Waals surface area (Å²) in [5, 5.41) is 5.17. The molecule has 2 aliphatic carbocycles. The Kier molecular flexibility index (Phi) is 4.33. The van der Waals surface area contributed by atoms with Crippen molar-refractivity contribution in [3.63, 3.8) is 0 Å². The Labute approximate surface area is 190 Å². The Bertz CT molecular complexity index is 1360. The molecule has 2 fully saturated rings. The van der Waals surface area contributed by atoms with Crippen LogP contribution in [0.3, 0.4) is 0 Å². The SMILES string of the molecule is CCc1nc(Nc2nc3c(cc(C(=O)N(C4CC4)C4CC4)n3C)c3c2ncn3C)sc1C. The molecule has 32 heavy (non-hydrogen) atoms. The van der Waals surface area contributed by atoms with Gasteiger partial charge in [0.1, 0.15) is 16.9 Å². The molecule has 4 aromatic rings. The molecule has 4 aromatic heterocycles. The fourth-order valence-electron chi connectivity index (χ4n) is 4.65. The number of amides is 1. The molecule has 2 aliphatic rings. The van der Waals surface area contributed by atoms with Crippen molar-refractivity contribution in [2.45, 2.75) is 58.0 Å². The average molecular weight is 450 g/mol. The second-order valence-electron chi connectivity index (χ2n) is 9.01. The van der Waals surface area contributed by atoms with E-state index in [0.717, 1.165) is 65.0 Å². The zero-order valence-electron chi connectivity index (χ0n) is 18.8. The van der Waals surface area contributed by atoms with Gasteiger partial charge in [-0.05, 0) is 45.1 Å². The molecular weight excluding hydrogens is 422 g/mol. The van der Waals surface area contributed by atoms with Crippen LogP contribution in [-0.2, 0) is 20.5 Å². The van der Waals surface area contributed by atoms with Crippen LogP contribution in [0.15, 0.2) is 12.4 Å². The van der Waals surface area contributed by atoms with E-state index in [1.807, 2.05) is 29.3 Å². The van der Waals surface area contributed by atoms with Crippen molar-refractivity contribution in [2.75, 3.05) is 5.32 Å². The molecule has 1 N–H and O–H groups in total. The number of nitrogens with zero attached hydrogens (tertiary/aromatic N) is 6. The molecule has 0 atom stereocenters. The van der Waals surface area contributed by atoms with Crippen molar-refractivity contribution in [3.05, 3.63) is 28.7 Å². The number of imidazole rings is 1. The Balaban J connectivity index is 1.48. The number of carbonyl (C=O) groups excluding carboxylic acids is 1. The van der Waals surface area contributed by atoms with Crippen LogP contribution in [0, 0.1) is 6.92 Å². The van der Waals surface area contributed by atoms with Gasteiger partial charge in [-0.2, -0.15) is 0 Å². The van der Waals surface area contributed by atoms with E-state index in [4.69, 9.17) is 9.97 Å². The number of pyridine rings is 1. The summed E-state index contributed by atoms with van der Waals surface area (Å²) in [4.78, 5) is 31.1. The molecular formula is C23H27N7OS. The van der Waals surface area contributed by atoms with Crippen LogP contribution >= 0.6 is 11.3 Å². The first-order chi connectivity index (χ1) is 15.5. The Morgan fingerprint density at radius 3 is 2.56 bits per heavy atom. The highest BCUT2D eigenvalue weighted by Crippen LogP contribution is 2.39. The van der Waals surface area contributed by atoms with Gasteiger partial charge in [-0.25, -0.2) is 15.0 Å². The summed E-state index contributed by atoms with van der Waals surface area (Å²) < 4.78 is 3.94. The van der Waals surface area contributed by atoms with Crippen molar-refractivity contribution >= 4 is 50.3 Å². The molecule has 6 rings (SSSR count). The van der Waals surface area contributed by atoms with Crippen LogP contribution in [0.1, 0.15) is 53.7 Å². The summed E-state index contributed by atoms with van der Waals surface area (Å²) in [6.07, 6.45) is 7.19. The average Bonchev–Trinajstić information content (AvgIpc) is 3.69. The largest absolute Gasteiger partial charge is 0.333 e. The maximum Gasteiger partial charge on any atom is 0.271 e. The summed E-state index contributed by atoms with van der Waals surface area (Å²) in [5.41, 5.74) is 4.34. The third-order valence-corrected chi connectivity index (χ3v) is 7.55. The van der Waals surface area contributed by atoms with E-state index in [1.165, 1.54) is 4.88 Å². The van der Waals surface area contributed by atoms with Crippen LogP contribution in [-0.4, -0.2) is 47.0 Å². The first-order valence-corrected chi connectivity index (χ1v) is 12.1. The van der Waals surface area contributed by atoms with Gasteiger partial charge in [0, 0.05) is 36.4 Å². The van der Waals surface area contributed by atoms with E-state index in [0.29, 0.717) is 23.6 Å². The standard InChI is InChI=1S/C23H27N7OS/c1-5-16-12(2)32-23(25-16)27-20-18-19(28(3)11-24-18)15-10-17(29(4)21(15)26-20)22(31)30(13-6-7-13)14-8-9-14/h10-11,13-14H,5-9H2,1-4H3,(H,25,26,27). The smallest absolute Gasteiger partial charge is 0.271 e. The number of hydrogen-bond donors (Lipinski definition) is 1. The minimum atomic E-state index is 0.128. The maximum absolute atomic E-state index is 13.5. The number of aryl methyl sites for hydroxylation is 4. The number of aromatic nitrogens is 5. The lowest BCUT2D eigenvalue weighted by Crippen LogP contribution is -2.36. The quantitative estimate of drug-likeness (QED) is 0.475. The highest BCUT2D eigenvalue weighted by Gasteiger charge is 2.43. The van der Waals surface area contributed by atoms with E-state index in [-0.39, 0.29) is 5.91 Å². The number of hydrogen-bond acceptors (Lipinski definition) is 6. The molecule has 0 saturated heterocycles. The molecule has 0 spiro atoms. The number of nitrogens with one attached hydrogen (secondary N) is 1. The van der Waals surface area contributed by atoms with E-state index in [9.17, 15) is 4.79 Å². The number of fused-ring (bicyclic) bond motifs is 3. The second kappa shape index (κ2) is 7.03. The normalized spacial score (nSPS) is 16.2. The van der Waals surface area contributed by atoms with Crippen molar-refractivity contribution in [2.24, 2.45) is 14.1 Å². The van der Waals surface area contributed by atoms with Gasteiger partial charge in [0.05, 0.1) is 17.5 Å². The van der Waals surface area contributed by atoms with Crippen molar-refractivity contribution in [1.29, 1.82) is 0 Å². The lowest BCUT2D eigenvalue weighted by Gasteiger charge is -2.22. The molecule has 0 bridgehead atoms. The number of carbonyl (C=O) groups is 1. The van der Waals surface area contributed by atoms with E-state index in [2.05, 4.69) is 29.0 Å². The fourth-order valence-corrected chi connectivity index (χ4v) is 5.55. The van der Waals surface area contributed by atoms with Crippen LogP contribution in [0.5, 0.6) is 0 Å². The lowest BCUT2D eigenvalue weighted by molar-refractivity contribution is 0.0720. The molecule has 4 heterocycles. The fraction of sp³-hybridized carbons (Fsp3) is 0.478. The van der Waals surface area contributed by atoms with Gasteiger partial charge < -0.3 is 19.4 Å². The first kappa shape index (κ1) is 19.7. The molecule has 8 nitrogen and oxygen atoms in total. The molecule has 9 heteroatoms. The van der Waals surface area contributed by atoms with Crippen LogP contribution in [0.4, 0.5) is 10.9 Å². The molecule has 0 aromatic carbocycles. The van der Waals surface area contributed by atoms with Gasteiger partial charge >= 0.3 is 0 Å². The molecule has 2 saturated carbocycles. The van der Waals surface area contributed by atoms with Gasteiger partial charge in [-0.1, -0.05) is 6.92 Å². The van der Waals surface area contributed by atoms with Crippen molar-refractivity contribution in [3.8, 4) is 0 Å². The van der Waals surface area contributed by atoms with Gasteiger partial charge in [0.2, 0.25) is 0 Å². The van der Waals surface area contributed by atoms with Gasteiger partial charge in [-0.3, -0.25) is 4.79 Å². The van der Waals surface area contributed by atoms with Gasteiger partial charge in [0.15, 0.2) is 10.9 Å². The van der Waals surface area contributed by atoms with Gasteiger partial charge in [-0.15, -0.1) is 11.3 Å². The first-order valence-electron chi connectivity index (χ1n) is 11.3. The summed E-state index contributed by atoms with van der Waals surface area (Å²) in [7, 11) is 3.92. The minimum absolute atomic E-state index is 0.128. The maximum atomic E-state index is 13.5. The zero-order valence-corrected chi connectivity index (χ0v) is 19.7. The summed E-state index contributed by atoms with van der Waals surface area (Å²) in [5.74, 6) is 0.800. The van der Waals surface area contributed by atoms with E-state index >= 15 is 0 Å². The monoisotopic (exact) mass is 449 g/mol. The number of anilines is 2. The Morgan fingerprint density at radius 1 is 1.22 bits per heavy atom. The number of rotatable bonds is 6. The highest BCUT2D eigenvalue weighted by molar-refractivity contribution is 7.15. The van der Waals surface area contributed by atoms with Crippen LogP contribution in [0.2, 0.25) is 0 Å². The Hall–Kier alpha value is -2.94. The summed E-state index contributed by atoms with van der Waals surface area (Å²) in [6.45, 7) is 4.21. The predicted molar refractivity (Wildman–Crippen MR) is 127 cm³/mol. The zero-order chi connectivity index (χ0) is 22.1. The van der Waals surface area contributed by atoms with Crippen LogP contribution in [0.25, 0.3) is 22.1 Å². The summed E-state index contributed by atoms with van der Waals surface area (Å²) >= 11 is 1.63. The number of thiazole rings is 1. The molecule has 0 aliphatic heterocycles. The van der Waals surface area contributed by atoms with E-state index in [1.54, 1.807) is 17.7 Å². The minimum Gasteiger partial charge on any atom is -0.333 e. The lowest BCUT2D eigenvalue weighted by atomic mass is 10.2. The third-order valence-electron chi connectivity index (χ3n) is 6.62. The summed E-state index contributed by atoms with van der Waals surface area (Å²) in [6, 6.07) is 2.82. The van der Waals surface area contributed by atoms with Crippen molar-refractivity contribution < 1.29 is 4.79 Å². The molecule has 0 radical (unpaired) electrons. The third kappa shape index (κ3) is 3.02. The molecule has 1 amide bonds.